The van der Waals surface area contributed by atoms with Gasteiger partial charge in [0.15, 0.2) is 4.99 Å². The Bertz CT molecular complexity index is 735. The third-order valence-corrected chi connectivity index (χ3v) is 7.35. The molecule has 0 spiro atoms. The van der Waals surface area contributed by atoms with Gasteiger partial charge in [-0.15, -0.1) is 0 Å². The van der Waals surface area contributed by atoms with Crippen LogP contribution in [0.25, 0.3) is 0 Å². The molecule has 7 nitrogen and oxygen atoms in total. The Morgan fingerprint density at radius 1 is 1.27 bits per heavy atom. The van der Waals surface area contributed by atoms with Crippen LogP contribution in [0.3, 0.4) is 0 Å². The maximum Gasteiger partial charge on any atom is 0.346 e. The molecule has 0 bridgehead atoms. The second kappa shape index (κ2) is 10.2. The molecular weight excluding hydrogens is 379 g/mol. The summed E-state index contributed by atoms with van der Waals surface area (Å²) in [5.74, 6) is 0.755. The highest BCUT2D eigenvalue weighted by Crippen LogP contribution is 2.46. The van der Waals surface area contributed by atoms with Crippen molar-refractivity contribution in [3.8, 4) is 5.75 Å². The molecule has 0 aliphatic rings. The molecule has 0 amide bonds. The zero-order valence-electron chi connectivity index (χ0n) is 15.0. The lowest BCUT2D eigenvalue weighted by Gasteiger charge is -2.14. The van der Waals surface area contributed by atoms with E-state index in [1.165, 1.54) is 5.56 Å². The Balaban J connectivity index is 2.45. The van der Waals surface area contributed by atoms with Crippen LogP contribution >= 0.6 is 7.60 Å². The number of ether oxygens (including phenoxy) is 1. The van der Waals surface area contributed by atoms with E-state index in [1.807, 2.05) is 37.3 Å². The minimum absolute atomic E-state index is 0.221. The molecule has 26 heavy (non-hydrogen) atoms. The van der Waals surface area contributed by atoms with Crippen LogP contribution in [0.1, 0.15) is 45.1 Å². The Kier molecular flexibility index (Phi) is 9.00. The Hall–Kier alpha value is -1.18. The fourth-order valence-corrected chi connectivity index (χ4v) is 4.80. The zero-order chi connectivity index (χ0) is 19.8. The standard InChI is InChI=1S/C17H27O7PS/c1-3-6-15-9-11-16(12-10-15)24-13-14(2)7-4-5-8-17(25(18,19)20)26(21,22)23/h7,9-12,17H,3-6,8,13H2,1-2H3,(H2,18,19,20)(H,21,22,23)/b14-7+. The van der Waals surface area contributed by atoms with E-state index >= 15 is 0 Å². The van der Waals surface area contributed by atoms with Gasteiger partial charge in [0.25, 0.3) is 10.1 Å². The smallest absolute Gasteiger partial charge is 0.346 e. The van der Waals surface area contributed by atoms with Crippen molar-refractivity contribution in [2.45, 2.75) is 50.9 Å². The van der Waals surface area contributed by atoms with Gasteiger partial charge in [-0.05, 0) is 55.9 Å². The van der Waals surface area contributed by atoms with Crippen molar-refractivity contribution in [3.63, 3.8) is 0 Å². The van der Waals surface area contributed by atoms with E-state index < -0.39 is 22.7 Å². The van der Waals surface area contributed by atoms with E-state index in [0.29, 0.717) is 13.0 Å². The third-order valence-electron chi connectivity index (χ3n) is 3.80. The molecule has 0 radical (unpaired) electrons. The van der Waals surface area contributed by atoms with Gasteiger partial charge >= 0.3 is 7.60 Å². The van der Waals surface area contributed by atoms with Gasteiger partial charge in [0, 0.05) is 0 Å². The van der Waals surface area contributed by atoms with E-state index in [2.05, 4.69) is 6.92 Å². The molecule has 1 aromatic rings. The van der Waals surface area contributed by atoms with Gasteiger partial charge in [-0.25, -0.2) is 0 Å². The third kappa shape index (κ3) is 8.47. The first-order chi connectivity index (χ1) is 12.0. The van der Waals surface area contributed by atoms with Crippen molar-refractivity contribution in [2.24, 2.45) is 0 Å². The average molecular weight is 406 g/mol. The van der Waals surface area contributed by atoms with Crippen molar-refractivity contribution in [1.29, 1.82) is 0 Å². The molecule has 1 aromatic carbocycles. The summed E-state index contributed by atoms with van der Waals surface area (Å²) in [6.45, 7) is 4.35. The van der Waals surface area contributed by atoms with Crippen molar-refractivity contribution in [3.05, 3.63) is 41.5 Å². The molecule has 3 N–H and O–H groups in total. The van der Waals surface area contributed by atoms with Gasteiger partial charge in [-0.1, -0.05) is 31.6 Å². The van der Waals surface area contributed by atoms with Crippen LogP contribution in [-0.2, 0) is 21.1 Å². The van der Waals surface area contributed by atoms with E-state index in [1.54, 1.807) is 0 Å². The molecule has 148 valence electrons. The summed E-state index contributed by atoms with van der Waals surface area (Å²) in [4.78, 5) is 16.0. The number of aryl methyl sites for hydroxylation is 1. The maximum absolute atomic E-state index is 11.2. The van der Waals surface area contributed by atoms with E-state index in [-0.39, 0.29) is 12.8 Å². The van der Waals surface area contributed by atoms with Crippen molar-refractivity contribution >= 4 is 17.7 Å². The van der Waals surface area contributed by atoms with E-state index in [4.69, 9.17) is 19.1 Å². The summed E-state index contributed by atoms with van der Waals surface area (Å²) < 4.78 is 47.9. The highest BCUT2D eigenvalue weighted by atomic mass is 32.2. The summed E-state index contributed by atoms with van der Waals surface area (Å²) in [6.07, 6.45) is 4.27. The number of benzene rings is 1. The van der Waals surface area contributed by atoms with Crippen LogP contribution in [0.15, 0.2) is 35.9 Å². The molecule has 0 heterocycles. The predicted octanol–water partition coefficient (Wildman–Crippen LogP) is 3.53. The van der Waals surface area contributed by atoms with Crippen LogP contribution in [0.2, 0.25) is 0 Å². The SMILES string of the molecule is CCCc1ccc(OC/C(C)=C/CCCC(P(=O)(O)O)S(=O)(=O)O)cc1. The molecule has 9 heteroatoms. The first-order valence-corrected chi connectivity index (χ1v) is 11.6. The number of hydrogen-bond donors (Lipinski definition) is 3. The summed E-state index contributed by atoms with van der Waals surface area (Å²) in [7, 11) is -9.69. The van der Waals surface area contributed by atoms with Crippen molar-refractivity contribution in [1.82, 2.24) is 0 Å². The Labute approximate surface area is 155 Å². The summed E-state index contributed by atoms with van der Waals surface area (Å²) in [6, 6.07) is 7.87. The van der Waals surface area contributed by atoms with Crippen LogP contribution in [0, 0.1) is 0 Å². The van der Waals surface area contributed by atoms with Crippen LogP contribution in [0.5, 0.6) is 5.75 Å². The van der Waals surface area contributed by atoms with Gasteiger partial charge < -0.3 is 14.5 Å². The van der Waals surface area contributed by atoms with Crippen molar-refractivity contribution < 1.29 is 32.1 Å². The monoisotopic (exact) mass is 406 g/mol. The Morgan fingerprint density at radius 2 is 1.88 bits per heavy atom. The van der Waals surface area contributed by atoms with Crippen LogP contribution < -0.4 is 4.74 Å². The second-order valence-electron chi connectivity index (χ2n) is 6.22. The molecule has 0 saturated carbocycles. The minimum Gasteiger partial charge on any atom is -0.489 e. The first-order valence-electron chi connectivity index (χ1n) is 8.43. The van der Waals surface area contributed by atoms with Gasteiger partial charge in [0.1, 0.15) is 12.4 Å². The van der Waals surface area contributed by atoms with E-state index in [9.17, 15) is 13.0 Å². The predicted molar refractivity (Wildman–Crippen MR) is 101 cm³/mol. The quantitative estimate of drug-likeness (QED) is 0.222. The molecule has 0 aliphatic carbocycles. The molecule has 1 atom stereocenters. The lowest BCUT2D eigenvalue weighted by atomic mass is 10.1. The summed E-state index contributed by atoms with van der Waals surface area (Å²) in [5.41, 5.74) is 2.17. The fraction of sp³-hybridized carbons (Fsp3) is 0.529. The zero-order valence-corrected chi connectivity index (χ0v) is 16.7. The maximum atomic E-state index is 11.2. The van der Waals surface area contributed by atoms with Gasteiger partial charge in [-0.2, -0.15) is 8.42 Å². The van der Waals surface area contributed by atoms with Gasteiger partial charge in [0.05, 0.1) is 0 Å². The van der Waals surface area contributed by atoms with Crippen molar-refractivity contribution in [2.75, 3.05) is 6.61 Å². The number of rotatable bonds is 11. The molecule has 1 unspecified atom stereocenters. The van der Waals surface area contributed by atoms with Crippen LogP contribution in [-0.4, -0.2) is 34.4 Å². The van der Waals surface area contributed by atoms with E-state index in [0.717, 1.165) is 24.2 Å². The molecular formula is C17H27O7PS. The highest BCUT2D eigenvalue weighted by Gasteiger charge is 2.38. The van der Waals surface area contributed by atoms with Gasteiger partial charge in [0.2, 0.25) is 0 Å². The number of allylic oxidation sites excluding steroid dienone is 1. The molecule has 0 aliphatic heterocycles. The molecule has 1 rings (SSSR count). The second-order valence-corrected chi connectivity index (χ2v) is 9.97. The number of hydrogen-bond acceptors (Lipinski definition) is 4. The summed E-state index contributed by atoms with van der Waals surface area (Å²) in [5, 5.41) is 0. The first kappa shape index (κ1) is 22.9. The molecule has 0 fully saturated rings. The van der Waals surface area contributed by atoms with Crippen LogP contribution in [0.4, 0.5) is 0 Å². The van der Waals surface area contributed by atoms with Gasteiger partial charge in [-0.3, -0.25) is 9.12 Å². The summed E-state index contributed by atoms with van der Waals surface area (Å²) >= 11 is 0. The molecule has 0 aromatic heterocycles. The average Bonchev–Trinajstić information content (AvgIpc) is 2.51. The molecule has 0 saturated heterocycles. The topological polar surface area (TPSA) is 121 Å². The number of unbranched alkanes of at least 4 members (excludes halogenated alkanes) is 1. The normalized spacial score (nSPS) is 14.3. The lowest BCUT2D eigenvalue weighted by molar-refractivity contribution is 0.351. The Morgan fingerprint density at radius 3 is 2.38 bits per heavy atom. The fourth-order valence-electron chi connectivity index (χ4n) is 2.43. The minimum atomic E-state index is -4.91. The lowest BCUT2D eigenvalue weighted by Crippen LogP contribution is -2.20. The largest absolute Gasteiger partial charge is 0.489 e. The highest BCUT2D eigenvalue weighted by molar-refractivity contribution is 7.93.